The number of aromatic carboxylic acids is 1. The van der Waals surface area contributed by atoms with Gasteiger partial charge in [-0.2, -0.15) is 0 Å². The molecule has 1 aromatic heterocycles. The first-order chi connectivity index (χ1) is 9.08. The zero-order valence-corrected chi connectivity index (χ0v) is 10.6. The van der Waals surface area contributed by atoms with Crippen molar-refractivity contribution in [3.05, 3.63) is 42.0 Å². The monoisotopic (exact) mass is 260 g/mol. The Kier molecular flexibility index (Phi) is 3.70. The third kappa shape index (κ3) is 3.04. The van der Waals surface area contributed by atoms with Crippen LogP contribution < -0.4 is 11.1 Å². The first kappa shape index (κ1) is 12.9. The Hall–Kier alpha value is -2.50. The SMILES string of the molecule is Cn1ccnc1CCNc1ccc(C(=O)O)c(N)c1. The van der Waals surface area contributed by atoms with E-state index < -0.39 is 5.97 Å². The lowest BCUT2D eigenvalue weighted by atomic mass is 10.1. The van der Waals surface area contributed by atoms with Crippen LogP contribution in [0.25, 0.3) is 0 Å². The molecule has 0 saturated heterocycles. The van der Waals surface area contributed by atoms with Crippen molar-refractivity contribution in [3.8, 4) is 0 Å². The van der Waals surface area contributed by atoms with E-state index in [-0.39, 0.29) is 11.3 Å². The number of nitrogens with two attached hydrogens (primary N) is 1. The van der Waals surface area contributed by atoms with Crippen molar-refractivity contribution < 1.29 is 9.90 Å². The van der Waals surface area contributed by atoms with Crippen molar-refractivity contribution >= 4 is 17.3 Å². The van der Waals surface area contributed by atoms with E-state index in [9.17, 15) is 4.79 Å². The lowest BCUT2D eigenvalue weighted by Crippen LogP contribution is -2.09. The van der Waals surface area contributed by atoms with Gasteiger partial charge in [-0.3, -0.25) is 0 Å². The van der Waals surface area contributed by atoms with E-state index >= 15 is 0 Å². The summed E-state index contributed by atoms with van der Waals surface area (Å²) in [4.78, 5) is 15.1. The molecule has 0 amide bonds. The third-order valence-corrected chi connectivity index (χ3v) is 2.88. The van der Waals surface area contributed by atoms with Crippen molar-refractivity contribution in [3.63, 3.8) is 0 Å². The molecule has 0 aliphatic rings. The summed E-state index contributed by atoms with van der Waals surface area (Å²) < 4.78 is 1.96. The van der Waals surface area contributed by atoms with E-state index in [1.807, 2.05) is 17.8 Å². The quantitative estimate of drug-likeness (QED) is 0.706. The first-order valence-electron chi connectivity index (χ1n) is 5.91. The molecular formula is C13H16N4O2. The van der Waals surface area contributed by atoms with Crippen LogP contribution in [0, 0.1) is 0 Å². The summed E-state index contributed by atoms with van der Waals surface area (Å²) in [6.45, 7) is 0.705. The summed E-state index contributed by atoms with van der Waals surface area (Å²) >= 11 is 0. The molecule has 0 saturated carbocycles. The van der Waals surface area contributed by atoms with Gasteiger partial charge < -0.3 is 20.7 Å². The maximum absolute atomic E-state index is 10.8. The average Bonchev–Trinajstić information content (AvgIpc) is 2.75. The Labute approximate surface area is 110 Å². The van der Waals surface area contributed by atoms with Crippen LogP contribution in [0.2, 0.25) is 0 Å². The molecule has 1 heterocycles. The fraction of sp³-hybridized carbons (Fsp3) is 0.231. The number of imidazole rings is 1. The number of aromatic nitrogens is 2. The summed E-state index contributed by atoms with van der Waals surface area (Å²) in [5.41, 5.74) is 6.86. The number of anilines is 2. The smallest absolute Gasteiger partial charge is 0.337 e. The molecule has 0 aliphatic carbocycles. The molecule has 6 heteroatoms. The fourth-order valence-corrected chi connectivity index (χ4v) is 1.82. The molecule has 0 fully saturated rings. The van der Waals surface area contributed by atoms with Crippen molar-refractivity contribution in [1.29, 1.82) is 0 Å². The Morgan fingerprint density at radius 3 is 2.89 bits per heavy atom. The largest absolute Gasteiger partial charge is 0.478 e. The highest BCUT2D eigenvalue weighted by atomic mass is 16.4. The van der Waals surface area contributed by atoms with Crippen LogP contribution in [0.3, 0.4) is 0 Å². The number of aryl methyl sites for hydroxylation is 1. The van der Waals surface area contributed by atoms with Crippen LogP contribution in [0.5, 0.6) is 0 Å². The van der Waals surface area contributed by atoms with E-state index in [0.29, 0.717) is 6.54 Å². The van der Waals surface area contributed by atoms with Crippen molar-refractivity contribution in [2.24, 2.45) is 7.05 Å². The second kappa shape index (κ2) is 5.43. The first-order valence-corrected chi connectivity index (χ1v) is 5.91. The zero-order chi connectivity index (χ0) is 13.8. The van der Waals surface area contributed by atoms with Gasteiger partial charge in [0.25, 0.3) is 0 Å². The number of nitrogens with zero attached hydrogens (tertiary/aromatic N) is 2. The summed E-state index contributed by atoms with van der Waals surface area (Å²) in [6.07, 6.45) is 4.44. The number of benzene rings is 1. The van der Waals surface area contributed by atoms with Crippen LogP contribution in [-0.2, 0) is 13.5 Å². The fourth-order valence-electron chi connectivity index (χ4n) is 1.82. The van der Waals surface area contributed by atoms with E-state index in [1.165, 1.54) is 6.07 Å². The molecule has 4 N–H and O–H groups in total. The number of nitrogens with one attached hydrogen (secondary N) is 1. The van der Waals surface area contributed by atoms with Gasteiger partial charge in [0.05, 0.1) is 5.56 Å². The molecule has 100 valence electrons. The van der Waals surface area contributed by atoms with E-state index in [4.69, 9.17) is 10.8 Å². The molecule has 2 rings (SSSR count). The Morgan fingerprint density at radius 2 is 2.32 bits per heavy atom. The minimum Gasteiger partial charge on any atom is -0.478 e. The van der Waals surface area contributed by atoms with Gasteiger partial charge in [-0.15, -0.1) is 0 Å². The highest BCUT2D eigenvalue weighted by Crippen LogP contribution is 2.17. The number of rotatable bonds is 5. The van der Waals surface area contributed by atoms with Gasteiger partial charge in [-0.1, -0.05) is 0 Å². The number of nitrogen functional groups attached to an aromatic ring is 1. The lowest BCUT2D eigenvalue weighted by molar-refractivity contribution is 0.0698. The summed E-state index contributed by atoms with van der Waals surface area (Å²) in [5.74, 6) is -0.0281. The maximum atomic E-state index is 10.8. The maximum Gasteiger partial charge on any atom is 0.337 e. The van der Waals surface area contributed by atoms with E-state index in [2.05, 4.69) is 10.3 Å². The molecule has 0 atom stereocenters. The molecule has 0 unspecified atom stereocenters. The number of carboxylic acid groups (broad SMARTS) is 1. The van der Waals surface area contributed by atoms with Crippen molar-refractivity contribution in [2.75, 3.05) is 17.6 Å². The second-order valence-corrected chi connectivity index (χ2v) is 4.24. The topological polar surface area (TPSA) is 93.2 Å². The van der Waals surface area contributed by atoms with E-state index in [1.54, 1.807) is 18.3 Å². The average molecular weight is 260 g/mol. The highest BCUT2D eigenvalue weighted by Gasteiger charge is 2.07. The minimum atomic E-state index is -1.02. The molecular weight excluding hydrogens is 244 g/mol. The molecule has 0 bridgehead atoms. The molecule has 0 aliphatic heterocycles. The van der Waals surface area contributed by atoms with Crippen LogP contribution in [0.1, 0.15) is 16.2 Å². The van der Waals surface area contributed by atoms with Gasteiger partial charge in [-0.25, -0.2) is 9.78 Å². The van der Waals surface area contributed by atoms with Gasteiger partial charge >= 0.3 is 5.97 Å². The van der Waals surface area contributed by atoms with Gasteiger partial charge in [-0.05, 0) is 18.2 Å². The molecule has 0 radical (unpaired) electrons. The lowest BCUT2D eigenvalue weighted by Gasteiger charge is -2.08. The van der Waals surface area contributed by atoms with Gasteiger partial charge in [0.1, 0.15) is 5.82 Å². The van der Waals surface area contributed by atoms with E-state index in [0.717, 1.165) is 17.9 Å². The van der Waals surface area contributed by atoms with Gasteiger partial charge in [0.2, 0.25) is 0 Å². The van der Waals surface area contributed by atoms with Crippen molar-refractivity contribution in [2.45, 2.75) is 6.42 Å². The number of hydrogen-bond acceptors (Lipinski definition) is 4. The standard InChI is InChI=1S/C13H16N4O2/c1-17-7-6-16-12(17)4-5-15-9-2-3-10(13(18)19)11(14)8-9/h2-3,6-8,15H,4-5,14H2,1H3,(H,18,19). The number of hydrogen-bond donors (Lipinski definition) is 3. The molecule has 19 heavy (non-hydrogen) atoms. The number of carbonyl (C=O) groups is 1. The second-order valence-electron chi connectivity index (χ2n) is 4.24. The molecule has 1 aromatic carbocycles. The molecule has 6 nitrogen and oxygen atoms in total. The van der Waals surface area contributed by atoms with Gasteiger partial charge in [0, 0.05) is 43.8 Å². The highest BCUT2D eigenvalue weighted by molar-refractivity contribution is 5.94. The minimum absolute atomic E-state index is 0.120. The van der Waals surface area contributed by atoms with Crippen LogP contribution >= 0.6 is 0 Å². The Morgan fingerprint density at radius 1 is 1.53 bits per heavy atom. The number of carboxylic acids is 1. The molecule has 0 spiro atoms. The summed E-state index contributed by atoms with van der Waals surface area (Å²) in [5, 5.41) is 12.1. The summed E-state index contributed by atoms with van der Waals surface area (Å²) in [6, 6.07) is 4.83. The predicted octanol–water partition coefficient (Wildman–Crippen LogP) is 1.36. The zero-order valence-electron chi connectivity index (χ0n) is 10.6. The Bertz CT molecular complexity index is 592. The van der Waals surface area contributed by atoms with Gasteiger partial charge in [0.15, 0.2) is 0 Å². The predicted molar refractivity (Wildman–Crippen MR) is 73.2 cm³/mol. The van der Waals surface area contributed by atoms with Crippen LogP contribution in [0.4, 0.5) is 11.4 Å². The van der Waals surface area contributed by atoms with Crippen LogP contribution in [0.15, 0.2) is 30.6 Å². The Balaban J connectivity index is 1.95. The third-order valence-electron chi connectivity index (χ3n) is 2.88. The summed E-state index contributed by atoms with van der Waals surface area (Å²) in [7, 11) is 1.95. The van der Waals surface area contributed by atoms with Crippen LogP contribution in [-0.4, -0.2) is 27.2 Å². The van der Waals surface area contributed by atoms with Crippen molar-refractivity contribution in [1.82, 2.24) is 9.55 Å². The normalized spacial score (nSPS) is 10.4. The molecule has 2 aromatic rings.